The Morgan fingerprint density at radius 3 is 2.19 bits per heavy atom. The van der Waals surface area contributed by atoms with Crippen molar-refractivity contribution in [1.29, 1.82) is 0 Å². The zero-order chi connectivity index (χ0) is 23.8. The van der Waals surface area contributed by atoms with E-state index in [9.17, 15) is 14.4 Å². The fraction of sp³-hybridized carbons (Fsp3) is 0.714. The second-order valence-corrected chi connectivity index (χ2v) is 9.70. The molecule has 31 heavy (non-hydrogen) atoms. The van der Waals surface area contributed by atoms with Crippen LogP contribution in [0, 0.1) is 0 Å². The van der Waals surface area contributed by atoms with Gasteiger partial charge < -0.3 is 18.9 Å². The van der Waals surface area contributed by atoms with Gasteiger partial charge >= 0.3 is 18.2 Å². The van der Waals surface area contributed by atoms with E-state index in [1.165, 1.54) is 0 Å². The third-order valence-corrected chi connectivity index (χ3v) is 4.35. The first-order valence-electron chi connectivity index (χ1n) is 10.3. The number of aromatic nitrogens is 1. The van der Waals surface area contributed by atoms with E-state index in [4.69, 9.17) is 18.9 Å². The Morgan fingerprint density at radius 1 is 1.06 bits per heavy atom. The maximum atomic E-state index is 12.7. The largest absolute Gasteiger partial charge is 0.509 e. The summed E-state index contributed by atoms with van der Waals surface area (Å²) in [5.74, 6) is -1.53. The molecule has 0 aliphatic rings. The summed E-state index contributed by atoms with van der Waals surface area (Å²) < 4.78 is 21.2. The monoisotopic (exact) mass is 458 g/mol. The summed E-state index contributed by atoms with van der Waals surface area (Å²) in [4.78, 5) is 41.4. The van der Waals surface area contributed by atoms with Gasteiger partial charge in [0.1, 0.15) is 23.2 Å². The minimum absolute atomic E-state index is 0.160. The molecule has 0 saturated heterocycles. The van der Waals surface area contributed by atoms with Gasteiger partial charge in [-0.15, -0.1) is 11.3 Å². The molecule has 0 fully saturated rings. The highest BCUT2D eigenvalue weighted by Crippen LogP contribution is 2.30. The number of thiazole rings is 1. The first kappa shape index (κ1) is 26.7. The van der Waals surface area contributed by atoms with Crippen molar-refractivity contribution in [3.8, 4) is 0 Å². The number of nitrogens with zero attached hydrogens (tertiary/aromatic N) is 1. The maximum Gasteiger partial charge on any atom is 0.509 e. The third-order valence-electron chi connectivity index (χ3n) is 3.57. The van der Waals surface area contributed by atoms with Crippen molar-refractivity contribution in [3.63, 3.8) is 0 Å². The quantitative estimate of drug-likeness (QED) is 0.415. The summed E-state index contributed by atoms with van der Waals surface area (Å²) in [7, 11) is 0. The van der Waals surface area contributed by atoms with Crippen molar-refractivity contribution in [3.05, 3.63) is 11.1 Å². The molecule has 0 aliphatic heterocycles. The summed E-state index contributed by atoms with van der Waals surface area (Å²) in [6.45, 7) is 14.2. The molecule has 1 aromatic rings. The van der Waals surface area contributed by atoms with Crippen LogP contribution >= 0.6 is 11.3 Å². The molecule has 1 aromatic heterocycles. The number of nitrogens with one attached hydrogen (secondary N) is 1. The fourth-order valence-corrected chi connectivity index (χ4v) is 3.28. The number of esters is 1. The Morgan fingerprint density at radius 2 is 1.68 bits per heavy atom. The van der Waals surface area contributed by atoms with Crippen molar-refractivity contribution < 1.29 is 33.3 Å². The lowest BCUT2D eigenvalue weighted by Gasteiger charge is -2.26. The SMILES string of the molecule is CCCC(OC(=O)OC(C)(C)C)C(C(=O)OCC)c1csc(NC(=O)OC(C)(C)C)n1. The number of carbonyl (C=O) groups excluding carboxylic acids is 3. The third kappa shape index (κ3) is 9.99. The van der Waals surface area contributed by atoms with Crippen LogP contribution in [0.4, 0.5) is 14.7 Å². The Kier molecular flexibility index (Phi) is 9.73. The van der Waals surface area contributed by atoms with Crippen molar-refractivity contribution in [1.82, 2.24) is 4.98 Å². The molecule has 1 amide bonds. The molecule has 10 heteroatoms. The van der Waals surface area contributed by atoms with Crippen LogP contribution in [0.25, 0.3) is 0 Å². The molecule has 0 aromatic carbocycles. The maximum absolute atomic E-state index is 12.7. The van der Waals surface area contributed by atoms with Gasteiger partial charge in [-0.3, -0.25) is 10.1 Å². The molecule has 0 bridgehead atoms. The highest BCUT2D eigenvalue weighted by atomic mass is 32.1. The van der Waals surface area contributed by atoms with Crippen LogP contribution in [0.15, 0.2) is 5.38 Å². The van der Waals surface area contributed by atoms with Crippen molar-refractivity contribution >= 4 is 34.7 Å². The summed E-state index contributed by atoms with van der Waals surface area (Å²) in [6.07, 6.45) is -1.32. The number of anilines is 1. The van der Waals surface area contributed by atoms with Crippen molar-refractivity contribution in [2.75, 3.05) is 11.9 Å². The van der Waals surface area contributed by atoms with Gasteiger partial charge in [0.25, 0.3) is 0 Å². The molecule has 0 radical (unpaired) electrons. The summed E-state index contributed by atoms with van der Waals surface area (Å²) in [5, 5.41) is 4.43. The lowest BCUT2D eigenvalue weighted by Crippen LogP contribution is -2.35. The van der Waals surface area contributed by atoms with E-state index < -0.39 is 41.4 Å². The Hall–Kier alpha value is -2.36. The Bertz CT molecular complexity index is 750. The van der Waals surface area contributed by atoms with Gasteiger partial charge in [-0.1, -0.05) is 13.3 Å². The van der Waals surface area contributed by atoms with Crippen molar-refractivity contribution in [2.24, 2.45) is 0 Å². The van der Waals surface area contributed by atoms with E-state index in [1.54, 1.807) is 53.8 Å². The molecule has 176 valence electrons. The lowest BCUT2D eigenvalue weighted by molar-refractivity contribution is -0.148. The average molecular weight is 459 g/mol. The number of hydrogen-bond acceptors (Lipinski definition) is 9. The molecular weight excluding hydrogens is 424 g/mol. The van der Waals surface area contributed by atoms with Gasteiger partial charge in [-0.25, -0.2) is 14.6 Å². The number of ether oxygens (including phenoxy) is 4. The zero-order valence-corrected chi connectivity index (χ0v) is 20.4. The van der Waals surface area contributed by atoms with Crippen LogP contribution in [0.1, 0.15) is 79.8 Å². The van der Waals surface area contributed by atoms with Gasteiger partial charge in [0.05, 0.1) is 12.3 Å². The topological polar surface area (TPSA) is 113 Å². The van der Waals surface area contributed by atoms with E-state index in [1.807, 2.05) is 6.92 Å². The first-order valence-corrected chi connectivity index (χ1v) is 11.2. The second-order valence-electron chi connectivity index (χ2n) is 8.84. The van der Waals surface area contributed by atoms with Gasteiger partial charge in [0.2, 0.25) is 0 Å². The van der Waals surface area contributed by atoms with E-state index in [0.29, 0.717) is 18.5 Å². The van der Waals surface area contributed by atoms with Crippen molar-refractivity contribution in [2.45, 2.75) is 91.5 Å². The molecule has 2 atom stereocenters. The van der Waals surface area contributed by atoms with E-state index in [0.717, 1.165) is 11.3 Å². The first-order chi connectivity index (χ1) is 14.3. The number of amides is 1. The molecule has 1 N–H and O–H groups in total. The molecule has 0 aliphatic carbocycles. The molecule has 9 nitrogen and oxygen atoms in total. The van der Waals surface area contributed by atoms with Crippen LogP contribution in [0.3, 0.4) is 0 Å². The number of hydrogen-bond donors (Lipinski definition) is 1. The minimum atomic E-state index is -0.960. The number of carbonyl (C=O) groups is 3. The van der Waals surface area contributed by atoms with Gasteiger partial charge in [0.15, 0.2) is 5.13 Å². The predicted octanol–water partition coefficient (Wildman–Crippen LogP) is 5.26. The predicted molar refractivity (Wildman–Crippen MR) is 117 cm³/mol. The smallest absolute Gasteiger partial charge is 0.465 e. The molecule has 1 rings (SSSR count). The summed E-state index contributed by atoms with van der Waals surface area (Å²) >= 11 is 1.13. The molecule has 1 heterocycles. The number of rotatable bonds is 8. The van der Waals surface area contributed by atoms with Gasteiger partial charge in [-0.05, 0) is 54.9 Å². The van der Waals surface area contributed by atoms with Crippen LogP contribution < -0.4 is 5.32 Å². The lowest BCUT2D eigenvalue weighted by atomic mass is 9.95. The normalized spacial score (nSPS) is 13.7. The minimum Gasteiger partial charge on any atom is -0.465 e. The fourth-order valence-electron chi connectivity index (χ4n) is 2.55. The van der Waals surface area contributed by atoms with Gasteiger partial charge in [0, 0.05) is 5.38 Å². The highest BCUT2D eigenvalue weighted by Gasteiger charge is 2.37. The second kappa shape index (κ2) is 11.3. The summed E-state index contributed by atoms with van der Waals surface area (Å²) in [5.41, 5.74) is -1.07. The standard InChI is InChI=1S/C21H34N2O7S/c1-9-11-14(28-19(26)30-21(6,7)8)15(16(24)27-10-2)13-12-31-17(22-13)23-18(25)29-20(3,4)5/h12,14-15H,9-11H2,1-8H3,(H,22,23,25). The van der Waals surface area contributed by atoms with Gasteiger partial charge in [-0.2, -0.15) is 0 Å². The van der Waals surface area contributed by atoms with Crippen LogP contribution in [-0.4, -0.2) is 47.1 Å². The van der Waals surface area contributed by atoms with Crippen LogP contribution in [-0.2, 0) is 23.7 Å². The molecular formula is C21H34N2O7S. The Labute approximate surface area is 187 Å². The van der Waals surface area contributed by atoms with E-state index >= 15 is 0 Å². The van der Waals surface area contributed by atoms with E-state index in [2.05, 4.69) is 10.3 Å². The zero-order valence-electron chi connectivity index (χ0n) is 19.6. The van der Waals surface area contributed by atoms with E-state index in [-0.39, 0.29) is 11.7 Å². The summed E-state index contributed by atoms with van der Waals surface area (Å²) in [6, 6.07) is 0. The molecule has 0 spiro atoms. The Balaban J connectivity index is 3.11. The molecule has 0 saturated carbocycles. The average Bonchev–Trinajstić information content (AvgIpc) is 2.99. The molecule has 2 unspecified atom stereocenters. The van der Waals surface area contributed by atoms with Crippen LogP contribution in [0.2, 0.25) is 0 Å². The van der Waals surface area contributed by atoms with Crippen LogP contribution in [0.5, 0.6) is 0 Å². The highest BCUT2D eigenvalue weighted by molar-refractivity contribution is 7.13.